The molecule has 9 heteroatoms. The van der Waals surface area contributed by atoms with Crippen molar-refractivity contribution < 1.29 is 27.2 Å². The van der Waals surface area contributed by atoms with E-state index in [0.717, 1.165) is 0 Å². The number of carbonyl (C=O) groups excluding carboxylic acids is 2. The summed E-state index contributed by atoms with van der Waals surface area (Å²) in [6.45, 7) is 0.877. The quantitative estimate of drug-likeness (QED) is 0.776. The van der Waals surface area contributed by atoms with E-state index < -0.39 is 16.0 Å². The summed E-state index contributed by atoms with van der Waals surface area (Å²) in [4.78, 5) is 25.4. The lowest BCUT2D eigenvalue weighted by atomic mass is 10.1. The summed E-state index contributed by atoms with van der Waals surface area (Å²) < 4.78 is 37.4. The van der Waals surface area contributed by atoms with E-state index in [1.54, 1.807) is 17.0 Å². The largest absolute Gasteiger partial charge is 0.465 e. The predicted octanol–water partition coefficient (Wildman–Crippen LogP) is 1.65. The van der Waals surface area contributed by atoms with Gasteiger partial charge < -0.3 is 14.1 Å². The molecule has 1 aliphatic rings. The minimum Gasteiger partial charge on any atom is -0.465 e. The Bertz CT molecular complexity index is 898. The number of nitrogens with one attached hydrogen (secondary N) is 1. The number of piperidine rings is 1. The molecule has 1 N–H and O–H groups in total. The van der Waals surface area contributed by atoms with E-state index in [0.29, 0.717) is 25.9 Å². The van der Waals surface area contributed by atoms with Crippen LogP contribution in [0.5, 0.6) is 0 Å². The smallest absolute Gasteiger partial charge is 0.337 e. The maximum Gasteiger partial charge on any atom is 0.337 e. The molecule has 1 aromatic heterocycles. The fourth-order valence-corrected chi connectivity index (χ4v) is 4.24. The molecule has 0 unspecified atom stereocenters. The summed E-state index contributed by atoms with van der Waals surface area (Å²) in [5, 5.41) is 0. The van der Waals surface area contributed by atoms with Crippen molar-refractivity contribution in [2.45, 2.75) is 23.8 Å². The summed E-state index contributed by atoms with van der Waals surface area (Å²) in [5.41, 5.74) is 0.279. The van der Waals surface area contributed by atoms with Crippen LogP contribution in [0.2, 0.25) is 0 Å². The molecule has 2 heterocycles. The van der Waals surface area contributed by atoms with E-state index >= 15 is 0 Å². The van der Waals surface area contributed by atoms with Gasteiger partial charge in [0, 0.05) is 19.1 Å². The van der Waals surface area contributed by atoms with Gasteiger partial charge in [-0.3, -0.25) is 4.79 Å². The molecule has 0 bridgehead atoms. The predicted molar refractivity (Wildman–Crippen MR) is 95.7 cm³/mol. The number of benzene rings is 1. The first-order valence-corrected chi connectivity index (χ1v) is 9.92. The molecule has 144 valence electrons. The molecule has 3 rings (SSSR count). The number of hydrogen-bond donors (Lipinski definition) is 1. The summed E-state index contributed by atoms with van der Waals surface area (Å²) in [5.74, 6) is -0.445. The zero-order chi connectivity index (χ0) is 19.4. The SMILES string of the molecule is COC(=O)c1ccc(S(=O)(=O)NC2CCN(C(=O)c3ccco3)CC2)cc1. The lowest BCUT2D eigenvalue weighted by Crippen LogP contribution is -2.46. The highest BCUT2D eigenvalue weighted by atomic mass is 32.2. The number of ether oxygens (including phenoxy) is 1. The van der Waals surface area contributed by atoms with E-state index in [1.807, 2.05) is 0 Å². The van der Waals surface area contributed by atoms with Gasteiger partial charge in [-0.15, -0.1) is 0 Å². The number of likely N-dealkylation sites (tertiary alicyclic amines) is 1. The molecule has 1 aliphatic heterocycles. The highest BCUT2D eigenvalue weighted by Crippen LogP contribution is 2.18. The fraction of sp³-hybridized carbons (Fsp3) is 0.333. The van der Waals surface area contributed by atoms with Crippen LogP contribution in [0.15, 0.2) is 52.0 Å². The van der Waals surface area contributed by atoms with Crippen LogP contribution in [0.25, 0.3) is 0 Å². The molecule has 2 aromatic rings. The third kappa shape index (κ3) is 4.37. The Labute approximate surface area is 157 Å². The van der Waals surface area contributed by atoms with E-state index in [9.17, 15) is 18.0 Å². The van der Waals surface area contributed by atoms with Crippen LogP contribution in [-0.4, -0.2) is 51.4 Å². The van der Waals surface area contributed by atoms with Crippen LogP contribution in [0.4, 0.5) is 0 Å². The Morgan fingerprint density at radius 3 is 2.37 bits per heavy atom. The van der Waals surface area contributed by atoms with Crippen molar-refractivity contribution in [1.29, 1.82) is 0 Å². The highest BCUT2D eigenvalue weighted by Gasteiger charge is 2.28. The van der Waals surface area contributed by atoms with Crippen molar-refractivity contribution in [3.05, 3.63) is 54.0 Å². The van der Waals surface area contributed by atoms with Gasteiger partial charge in [0.05, 0.1) is 23.8 Å². The van der Waals surface area contributed by atoms with Gasteiger partial charge in [0.15, 0.2) is 5.76 Å². The van der Waals surface area contributed by atoms with Crippen molar-refractivity contribution in [2.75, 3.05) is 20.2 Å². The molecular weight excluding hydrogens is 372 g/mol. The zero-order valence-corrected chi connectivity index (χ0v) is 15.6. The monoisotopic (exact) mass is 392 g/mol. The second-order valence-electron chi connectivity index (χ2n) is 6.18. The standard InChI is InChI=1S/C18H20N2O6S/c1-25-18(22)13-4-6-15(7-5-13)27(23,24)19-14-8-10-20(11-9-14)17(21)16-3-2-12-26-16/h2-7,12,14,19H,8-11H2,1H3. The minimum absolute atomic E-state index is 0.0734. The number of sulfonamides is 1. The first-order chi connectivity index (χ1) is 12.9. The number of esters is 1. The average molecular weight is 392 g/mol. The Kier molecular flexibility index (Phi) is 5.62. The normalized spacial score (nSPS) is 15.5. The molecule has 1 aromatic carbocycles. The summed E-state index contributed by atoms with van der Waals surface area (Å²) in [6, 6.07) is 8.54. The second-order valence-corrected chi connectivity index (χ2v) is 7.90. The summed E-state index contributed by atoms with van der Waals surface area (Å²) in [7, 11) is -2.45. The first-order valence-electron chi connectivity index (χ1n) is 8.44. The molecule has 1 saturated heterocycles. The molecule has 0 atom stereocenters. The van der Waals surface area contributed by atoms with E-state index in [1.165, 1.54) is 37.6 Å². The van der Waals surface area contributed by atoms with Gasteiger partial charge in [0.25, 0.3) is 5.91 Å². The average Bonchev–Trinajstić information content (AvgIpc) is 3.22. The Morgan fingerprint density at radius 1 is 1.15 bits per heavy atom. The zero-order valence-electron chi connectivity index (χ0n) is 14.8. The number of methoxy groups -OCH3 is 1. The van der Waals surface area contributed by atoms with Gasteiger partial charge in [-0.1, -0.05) is 0 Å². The topological polar surface area (TPSA) is 106 Å². The van der Waals surface area contributed by atoms with E-state index in [-0.39, 0.29) is 28.2 Å². The van der Waals surface area contributed by atoms with E-state index in [4.69, 9.17) is 4.42 Å². The van der Waals surface area contributed by atoms with Gasteiger partial charge >= 0.3 is 5.97 Å². The molecular formula is C18H20N2O6S. The molecule has 0 saturated carbocycles. The van der Waals surface area contributed by atoms with Crippen LogP contribution in [0.3, 0.4) is 0 Å². The van der Waals surface area contributed by atoms with Gasteiger partial charge in [-0.05, 0) is 49.2 Å². The summed E-state index contributed by atoms with van der Waals surface area (Å²) >= 11 is 0. The molecule has 1 fully saturated rings. The van der Waals surface area contributed by atoms with Crippen molar-refractivity contribution in [3.8, 4) is 0 Å². The number of hydrogen-bond acceptors (Lipinski definition) is 6. The number of nitrogens with zero attached hydrogens (tertiary/aromatic N) is 1. The molecule has 0 spiro atoms. The molecule has 27 heavy (non-hydrogen) atoms. The summed E-state index contributed by atoms with van der Waals surface area (Å²) in [6.07, 6.45) is 2.46. The van der Waals surface area contributed by atoms with E-state index in [2.05, 4.69) is 9.46 Å². The molecule has 8 nitrogen and oxygen atoms in total. The number of furan rings is 1. The number of carbonyl (C=O) groups is 2. The Hall–Kier alpha value is -2.65. The fourth-order valence-electron chi connectivity index (χ4n) is 2.93. The van der Waals surface area contributed by atoms with Gasteiger partial charge in [-0.2, -0.15) is 0 Å². The second kappa shape index (κ2) is 7.93. The molecule has 1 amide bonds. The maximum absolute atomic E-state index is 12.5. The maximum atomic E-state index is 12.5. The van der Waals surface area contributed by atoms with Crippen LogP contribution in [0.1, 0.15) is 33.8 Å². The minimum atomic E-state index is -3.71. The van der Waals surface area contributed by atoms with Crippen molar-refractivity contribution in [2.24, 2.45) is 0 Å². The third-order valence-electron chi connectivity index (χ3n) is 4.42. The van der Waals surface area contributed by atoms with Crippen molar-refractivity contribution >= 4 is 21.9 Å². The lowest BCUT2D eigenvalue weighted by molar-refractivity contribution is 0.0599. The number of amides is 1. The molecule has 0 aliphatic carbocycles. The van der Waals surface area contributed by atoms with Crippen LogP contribution < -0.4 is 4.72 Å². The first kappa shape index (κ1) is 19.1. The van der Waals surface area contributed by atoms with Gasteiger partial charge in [0.1, 0.15) is 0 Å². The number of rotatable bonds is 5. The highest BCUT2D eigenvalue weighted by molar-refractivity contribution is 7.89. The Balaban J connectivity index is 1.59. The lowest BCUT2D eigenvalue weighted by Gasteiger charge is -2.31. The third-order valence-corrected chi connectivity index (χ3v) is 5.96. The van der Waals surface area contributed by atoms with Gasteiger partial charge in [0.2, 0.25) is 10.0 Å². The van der Waals surface area contributed by atoms with Crippen LogP contribution in [0, 0.1) is 0 Å². The Morgan fingerprint density at radius 2 is 1.81 bits per heavy atom. The van der Waals surface area contributed by atoms with Crippen LogP contribution in [-0.2, 0) is 14.8 Å². The van der Waals surface area contributed by atoms with Crippen molar-refractivity contribution in [1.82, 2.24) is 9.62 Å². The molecule has 0 radical (unpaired) electrons. The van der Waals surface area contributed by atoms with Gasteiger partial charge in [-0.25, -0.2) is 17.9 Å². The van der Waals surface area contributed by atoms with Crippen LogP contribution >= 0.6 is 0 Å². The van der Waals surface area contributed by atoms with Crippen molar-refractivity contribution in [3.63, 3.8) is 0 Å².